The van der Waals surface area contributed by atoms with Crippen LogP contribution < -0.4 is 9.64 Å². The lowest BCUT2D eigenvalue weighted by Gasteiger charge is -2.42. The van der Waals surface area contributed by atoms with Crippen LogP contribution in [0.1, 0.15) is 51.9 Å². The monoisotopic (exact) mass is 621 g/mol. The summed E-state index contributed by atoms with van der Waals surface area (Å²) in [6, 6.07) is 17.1. The van der Waals surface area contributed by atoms with Crippen LogP contribution in [0.5, 0.6) is 5.75 Å². The number of hydrogen-bond donors (Lipinski definition) is 1. The zero-order valence-electron chi connectivity index (χ0n) is 22.6. The number of aromatic nitrogens is 2. The number of carboxylic acid groups (broad SMARTS) is 1. The maximum absolute atomic E-state index is 11.6. The Morgan fingerprint density at radius 1 is 1.02 bits per heavy atom. The number of rotatable bonds is 8. The van der Waals surface area contributed by atoms with E-state index in [1.165, 1.54) is 5.56 Å². The first-order chi connectivity index (χ1) is 20.3. The maximum Gasteiger partial charge on any atom is 0.337 e. The Morgan fingerprint density at radius 3 is 2.48 bits per heavy atom. The minimum Gasteiger partial charge on any atom is -0.489 e. The molecule has 3 heterocycles. The van der Waals surface area contributed by atoms with Crippen molar-refractivity contribution in [3.8, 4) is 17.0 Å². The lowest BCUT2D eigenvalue weighted by atomic mass is 9.90. The average Bonchev–Trinajstić information content (AvgIpc) is 3.61. The smallest absolute Gasteiger partial charge is 0.337 e. The number of carboxylic acids is 1. The quantitative estimate of drug-likeness (QED) is 0.187. The first kappa shape index (κ1) is 27.2. The van der Waals surface area contributed by atoms with Crippen molar-refractivity contribution in [2.45, 2.75) is 31.3 Å². The van der Waals surface area contributed by atoms with Gasteiger partial charge in [-0.2, -0.15) is 0 Å². The molecule has 0 amide bonds. The van der Waals surface area contributed by atoms with Gasteiger partial charge in [-0.05, 0) is 48.7 Å². The molecule has 1 aliphatic heterocycles. The zero-order valence-corrected chi connectivity index (χ0v) is 24.9. The molecule has 0 unspecified atom stereocenters. The molecule has 0 atom stereocenters. The van der Waals surface area contributed by atoms with Crippen LogP contribution in [-0.4, -0.2) is 33.9 Å². The molecular weight excluding hydrogens is 597 g/mol. The van der Waals surface area contributed by atoms with Crippen LogP contribution in [0.2, 0.25) is 15.1 Å². The van der Waals surface area contributed by atoms with Crippen LogP contribution in [0, 0.1) is 0 Å². The van der Waals surface area contributed by atoms with E-state index in [0.29, 0.717) is 49.5 Å². The van der Waals surface area contributed by atoms with E-state index in [1.807, 2.05) is 41.9 Å². The summed E-state index contributed by atoms with van der Waals surface area (Å²) in [5.41, 5.74) is 5.46. The molecule has 214 valence electrons. The lowest BCUT2D eigenvalue weighted by Crippen LogP contribution is -2.45. The molecule has 2 fully saturated rings. The van der Waals surface area contributed by atoms with E-state index in [1.54, 1.807) is 24.4 Å². The molecule has 1 saturated carbocycles. The molecule has 1 aliphatic carbocycles. The van der Waals surface area contributed by atoms with Crippen molar-refractivity contribution >= 4 is 57.4 Å². The van der Waals surface area contributed by atoms with Crippen molar-refractivity contribution < 1.29 is 19.2 Å². The molecule has 10 heteroatoms. The molecule has 0 radical (unpaired) electrons. The van der Waals surface area contributed by atoms with Gasteiger partial charge in [0.2, 0.25) is 0 Å². The van der Waals surface area contributed by atoms with E-state index in [9.17, 15) is 9.90 Å². The van der Waals surface area contributed by atoms with Crippen molar-refractivity contribution in [2.75, 3.05) is 18.0 Å². The van der Waals surface area contributed by atoms with E-state index < -0.39 is 5.97 Å². The minimum absolute atomic E-state index is 0.249. The number of hydrogen-bond acceptors (Lipinski definition) is 5. The molecule has 2 aromatic heterocycles. The van der Waals surface area contributed by atoms with Crippen molar-refractivity contribution in [3.05, 3.63) is 98.3 Å². The lowest BCUT2D eigenvalue weighted by molar-refractivity contribution is 0.0699. The average molecular weight is 623 g/mol. The van der Waals surface area contributed by atoms with Gasteiger partial charge >= 0.3 is 5.97 Å². The fraction of sp³-hybridized carbons (Fsp3) is 0.250. The molecule has 5 aromatic rings. The predicted molar refractivity (Wildman–Crippen MR) is 165 cm³/mol. The number of halogens is 3. The molecule has 1 N–H and O–H groups in total. The van der Waals surface area contributed by atoms with Crippen LogP contribution >= 0.6 is 34.8 Å². The molecular formula is C32H26Cl3N3O4. The number of aromatic carboxylic acids is 1. The highest BCUT2D eigenvalue weighted by Gasteiger charge is 2.34. The molecule has 3 aromatic carbocycles. The largest absolute Gasteiger partial charge is 0.489 e. The SMILES string of the molecule is Cn1cc(C(=O)O)c2ccc(C3CN(c4ccc(OCc5c(-c6c(Cl)cccc6Cl)noc5C5CC5)cc4Cl)C3)cc21. The fourth-order valence-electron chi connectivity index (χ4n) is 5.75. The van der Waals surface area contributed by atoms with Gasteiger partial charge in [0.15, 0.2) is 0 Å². The Hall–Kier alpha value is -3.65. The van der Waals surface area contributed by atoms with Gasteiger partial charge in [-0.1, -0.05) is 58.2 Å². The topological polar surface area (TPSA) is 80.7 Å². The maximum atomic E-state index is 11.6. The minimum atomic E-state index is -0.916. The summed E-state index contributed by atoms with van der Waals surface area (Å²) in [6.07, 6.45) is 3.77. The van der Waals surface area contributed by atoms with Crippen LogP contribution in [0.25, 0.3) is 22.2 Å². The molecule has 1 saturated heterocycles. The Bertz CT molecular complexity index is 1830. The third kappa shape index (κ3) is 4.79. The summed E-state index contributed by atoms with van der Waals surface area (Å²) in [5.74, 6) is 1.21. The number of benzene rings is 3. The standard InChI is InChI=1S/C32H26Cl3N3O4/c1-37-15-22(32(39)40)21-9-7-18(11-28(21)37)19-13-38(14-19)27-10-8-20(12-26(27)35)41-16-23-30(36-42-31(23)17-5-6-17)29-24(33)3-2-4-25(29)34/h2-4,7-12,15,17,19H,5-6,13-14,16H2,1H3,(H,39,40). The summed E-state index contributed by atoms with van der Waals surface area (Å²) in [7, 11) is 1.87. The van der Waals surface area contributed by atoms with Crippen molar-refractivity contribution in [1.29, 1.82) is 0 Å². The van der Waals surface area contributed by atoms with Crippen LogP contribution in [0.3, 0.4) is 0 Å². The zero-order chi connectivity index (χ0) is 29.1. The number of aryl methyl sites for hydroxylation is 1. The summed E-state index contributed by atoms with van der Waals surface area (Å²) >= 11 is 19.7. The second kappa shape index (κ2) is 10.6. The normalized spacial score (nSPS) is 15.3. The van der Waals surface area contributed by atoms with Gasteiger partial charge in [0.1, 0.15) is 23.8 Å². The molecule has 0 bridgehead atoms. The van der Waals surface area contributed by atoms with Gasteiger partial charge < -0.3 is 23.8 Å². The number of carbonyl (C=O) groups is 1. The van der Waals surface area contributed by atoms with Crippen molar-refractivity contribution in [1.82, 2.24) is 9.72 Å². The number of nitrogens with zero attached hydrogens (tertiary/aromatic N) is 3. The second-order valence-electron chi connectivity index (χ2n) is 11.0. The van der Waals surface area contributed by atoms with Crippen LogP contribution in [0.15, 0.2) is 65.3 Å². The summed E-state index contributed by atoms with van der Waals surface area (Å²) in [5, 5.41) is 16.2. The van der Waals surface area contributed by atoms with Gasteiger partial charge in [0.05, 0.1) is 31.9 Å². The van der Waals surface area contributed by atoms with Crippen LogP contribution in [-0.2, 0) is 13.7 Å². The van der Waals surface area contributed by atoms with E-state index in [4.69, 9.17) is 44.1 Å². The highest BCUT2D eigenvalue weighted by molar-refractivity contribution is 6.39. The van der Waals surface area contributed by atoms with Gasteiger partial charge in [-0.3, -0.25) is 0 Å². The first-order valence-electron chi connectivity index (χ1n) is 13.7. The Balaban J connectivity index is 1.06. The van der Waals surface area contributed by atoms with Crippen molar-refractivity contribution in [3.63, 3.8) is 0 Å². The fourth-order valence-corrected chi connectivity index (χ4v) is 6.62. The summed E-state index contributed by atoms with van der Waals surface area (Å²) in [4.78, 5) is 13.8. The molecule has 7 rings (SSSR count). The Kier molecular flexibility index (Phi) is 6.84. The molecule has 42 heavy (non-hydrogen) atoms. The molecule has 0 spiro atoms. The highest BCUT2D eigenvalue weighted by atomic mass is 35.5. The number of fused-ring (bicyclic) bond motifs is 1. The van der Waals surface area contributed by atoms with Crippen molar-refractivity contribution in [2.24, 2.45) is 7.05 Å². The summed E-state index contributed by atoms with van der Waals surface area (Å²) in [6.45, 7) is 1.88. The number of ether oxygens (including phenoxy) is 1. The van der Waals surface area contributed by atoms with E-state index in [0.717, 1.165) is 53.8 Å². The summed E-state index contributed by atoms with van der Waals surface area (Å²) < 4.78 is 13.8. The third-order valence-corrected chi connectivity index (χ3v) is 9.14. The van der Waals surface area contributed by atoms with E-state index >= 15 is 0 Å². The second-order valence-corrected chi connectivity index (χ2v) is 12.2. The molecule has 2 aliphatic rings. The van der Waals surface area contributed by atoms with Gasteiger partial charge in [-0.15, -0.1) is 0 Å². The van der Waals surface area contributed by atoms with E-state index in [2.05, 4.69) is 16.1 Å². The van der Waals surface area contributed by atoms with E-state index in [-0.39, 0.29) is 6.61 Å². The highest BCUT2D eigenvalue weighted by Crippen LogP contribution is 2.46. The molecule has 7 nitrogen and oxygen atoms in total. The third-order valence-electron chi connectivity index (χ3n) is 8.21. The Labute approximate surface area is 257 Å². The van der Waals surface area contributed by atoms with Gasteiger partial charge in [0, 0.05) is 60.7 Å². The van der Waals surface area contributed by atoms with Gasteiger partial charge in [0.25, 0.3) is 0 Å². The van der Waals surface area contributed by atoms with Gasteiger partial charge in [-0.25, -0.2) is 4.79 Å². The predicted octanol–water partition coefficient (Wildman–Crippen LogP) is 8.55. The number of anilines is 1. The van der Waals surface area contributed by atoms with Crippen LogP contribution in [0.4, 0.5) is 5.69 Å². The first-order valence-corrected chi connectivity index (χ1v) is 14.8. The Morgan fingerprint density at radius 2 is 1.79 bits per heavy atom.